The molecule has 2 bridgehead atoms. The molecule has 4 aliphatic rings. The number of rotatable bonds is 6. The molecule has 4 fully saturated rings. The van der Waals surface area contributed by atoms with Crippen LogP contribution < -0.4 is 20.7 Å². The van der Waals surface area contributed by atoms with Crippen molar-refractivity contribution in [2.24, 2.45) is 0 Å². The summed E-state index contributed by atoms with van der Waals surface area (Å²) in [5.74, 6) is -2.33. The van der Waals surface area contributed by atoms with Crippen molar-refractivity contribution in [2.75, 3.05) is 43.4 Å². The highest BCUT2D eigenvalue weighted by Crippen LogP contribution is 2.45. The summed E-state index contributed by atoms with van der Waals surface area (Å²) in [5.41, 5.74) is 1.16. The number of nitrogens with one attached hydrogen (secondary N) is 1. The molecule has 8 nitrogen and oxygen atoms in total. The van der Waals surface area contributed by atoms with Crippen LogP contribution in [0.3, 0.4) is 0 Å². The number of anilines is 2. The lowest BCUT2D eigenvalue weighted by Gasteiger charge is -2.42. The maximum atomic E-state index is 16.6. The second kappa shape index (κ2) is 11.0. The van der Waals surface area contributed by atoms with E-state index in [0.29, 0.717) is 43.8 Å². The third kappa shape index (κ3) is 4.95. The van der Waals surface area contributed by atoms with Crippen LogP contribution in [0.25, 0.3) is 22.2 Å². The summed E-state index contributed by atoms with van der Waals surface area (Å²) < 4.78 is 94.3. The van der Waals surface area contributed by atoms with E-state index in [1.807, 2.05) is 4.90 Å². The van der Waals surface area contributed by atoms with Crippen LogP contribution in [0.15, 0.2) is 24.2 Å². The van der Waals surface area contributed by atoms with Crippen LogP contribution in [-0.4, -0.2) is 69.8 Å². The van der Waals surface area contributed by atoms with Gasteiger partial charge in [-0.25, -0.2) is 13.2 Å². The first-order valence-corrected chi connectivity index (χ1v) is 15.6. The predicted molar refractivity (Wildman–Crippen MR) is 161 cm³/mol. The van der Waals surface area contributed by atoms with Crippen molar-refractivity contribution in [1.29, 1.82) is 0 Å². The number of hydrogen-bond donors (Lipinski definition) is 2. The maximum absolute atomic E-state index is 16.6. The largest absolute Gasteiger partial charge is 0.461 e. The number of pyridine rings is 1. The Bertz CT molecular complexity index is 1750. The number of alkyl halides is 3. The number of aryl methyl sites for hydroxylation is 1. The molecule has 0 spiro atoms. The molecular formula is C32H35F6N7O. The molecule has 3 N–H and O–H groups in total. The highest BCUT2D eigenvalue weighted by molar-refractivity contribution is 5.92. The lowest BCUT2D eigenvalue weighted by atomic mass is 9.93. The van der Waals surface area contributed by atoms with Gasteiger partial charge in [0.15, 0.2) is 11.6 Å². The van der Waals surface area contributed by atoms with Crippen LogP contribution in [0.5, 0.6) is 6.01 Å². The Morgan fingerprint density at radius 1 is 1.20 bits per heavy atom. The van der Waals surface area contributed by atoms with Crippen molar-refractivity contribution < 1.29 is 31.1 Å². The van der Waals surface area contributed by atoms with Gasteiger partial charge in [0.2, 0.25) is 0 Å². The van der Waals surface area contributed by atoms with E-state index < -0.39 is 45.9 Å². The molecule has 3 atom stereocenters. The number of aromatic nitrogens is 3. The first-order valence-electron chi connectivity index (χ1n) is 15.6. The lowest BCUT2D eigenvalue weighted by Crippen LogP contribution is -2.59. The highest BCUT2D eigenvalue weighted by Gasteiger charge is 2.48. The Morgan fingerprint density at radius 2 is 2.00 bits per heavy atom. The molecule has 0 radical (unpaired) electrons. The number of fused-ring (bicyclic) bond motifs is 4. The summed E-state index contributed by atoms with van der Waals surface area (Å²) in [6.07, 6.45) is 1.69. The van der Waals surface area contributed by atoms with Crippen LogP contribution in [0, 0.1) is 18.6 Å². The molecule has 4 aliphatic heterocycles. The van der Waals surface area contributed by atoms with Crippen LogP contribution in [0.2, 0.25) is 0 Å². The number of piperazine rings is 1. The van der Waals surface area contributed by atoms with Crippen molar-refractivity contribution in [1.82, 2.24) is 25.2 Å². The van der Waals surface area contributed by atoms with Crippen molar-refractivity contribution in [3.63, 3.8) is 0 Å². The molecule has 0 saturated carbocycles. The summed E-state index contributed by atoms with van der Waals surface area (Å²) in [6, 6.07) is 0.858. The van der Waals surface area contributed by atoms with Gasteiger partial charge >= 0.3 is 12.2 Å². The Kier molecular flexibility index (Phi) is 7.38. The molecule has 1 aromatic carbocycles. The number of nitrogen functional groups attached to an aromatic ring is 1. The number of nitrogens with two attached hydrogens (primary N) is 1. The average molecular weight is 648 g/mol. The van der Waals surface area contributed by atoms with Crippen molar-refractivity contribution in [3.8, 4) is 17.3 Å². The van der Waals surface area contributed by atoms with E-state index in [2.05, 4.69) is 27.1 Å². The Labute approximate surface area is 262 Å². The number of nitrogens with zero attached hydrogens (tertiary/aromatic N) is 5. The van der Waals surface area contributed by atoms with Gasteiger partial charge in [-0.3, -0.25) is 9.88 Å². The minimum Gasteiger partial charge on any atom is -0.461 e. The van der Waals surface area contributed by atoms with Crippen molar-refractivity contribution in [3.05, 3.63) is 46.9 Å². The summed E-state index contributed by atoms with van der Waals surface area (Å²) in [6.45, 7) is 5.71. The van der Waals surface area contributed by atoms with Gasteiger partial charge < -0.3 is 20.7 Å². The molecular weight excluding hydrogens is 612 g/mol. The zero-order valence-corrected chi connectivity index (χ0v) is 25.6. The lowest BCUT2D eigenvalue weighted by molar-refractivity contribution is -0.137. The molecule has 2 aromatic heterocycles. The second-order valence-electron chi connectivity index (χ2n) is 13.2. The number of benzene rings is 1. The Morgan fingerprint density at radius 3 is 2.74 bits per heavy atom. The summed E-state index contributed by atoms with van der Waals surface area (Å²) >= 11 is 0. The quantitative estimate of drug-likeness (QED) is 0.246. The molecule has 4 saturated heterocycles. The van der Waals surface area contributed by atoms with Gasteiger partial charge in [0.25, 0.3) is 0 Å². The average Bonchev–Trinajstić information content (AvgIpc) is 3.67. The topological polar surface area (TPSA) is 92.4 Å². The van der Waals surface area contributed by atoms with Crippen LogP contribution in [0.1, 0.15) is 56.6 Å². The van der Waals surface area contributed by atoms with Crippen molar-refractivity contribution >= 4 is 22.4 Å². The van der Waals surface area contributed by atoms with Gasteiger partial charge in [0.1, 0.15) is 23.6 Å². The normalized spacial score (nSPS) is 27.3. The number of halogens is 6. The van der Waals surface area contributed by atoms with E-state index in [0.717, 1.165) is 51.6 Å². The summed E-state index contributed by atoms with van der Waals surface area (Å²) in [7, 11) is 0. The number of ether oxygens (including phenoxy) is 1. The molecule has 246 valence electrons. The van der Waals surface area contributed by atoms with E-state index in [9.17, 15) is 17.6 Å². The molecule has 0 aliphatic carbocycles. The van der Waals surface area contributed by atoms with Crippen LogP contribution in [0.4, 0.5) is 37.8 Å². The van der Waals surface area contributed by atoms with Gasteiger partial charge in [-0.1, -0.05) is 6.92 Å². The molecule has 6 heterocycles. The summed E-state index contributed by atoms with van der Waals surface area (Å²) in [4.78, 5) is 17.3. The van der Waals surface area contributed by atoms with E-state index in [4.69, 9.17) is 15.5 Å². The molecule has 14 heteroatoms. The standard InChI is InChI=1S/C32H35F6N7O/c1-3-30-7-5-19(43-30)14-44(15-30)28-20-12-40-27(22-23(32(36,37)38)17(2)9-21(39)24(22)34)25(35)26(20)41-29(42-28)46-16-31-6-4-8-45(31)13-18(10-31)11-33/h9,11-12,19,43H,3-8,10,13-16,39H2,1-2H3/b18-11-/t19?,30?,31-/m0/s1. The SMILES string of the molecule is CCC12CCC(CN(c3nc(OC[C@@]45CCCN4C/C(=C\F)C5)nc4c(F)c(-c5c(F)c(N)cc(C)c5C(F)(F)F)ncc34)C1)N2. The first-order chi connectivity index (χ1) is 21.9. The smallest absolute Gasteiger partial charge is 0.417 e. The van der Waals surface area contributed by atoms with Crippen LogP contribution >= 0.6 is 0 Å². The second-order valence-corrected chi connectivity index (χ2v) is 13.2. The zero-order chi connectivity index (χ0) is 32.6. The van der Waals surface area contributed by atoms with Gasteiger partial charge in [0, 0.05) is 37.4 Å². The van der Waals surface area contributed by atoms with Gasteiger partial charge in [-0.15, -0.1) is 0 Å². The fourth-order valence-corrected chi connectivity index (χ4v) is 8.10. The minimum atomic E-state index is -5.02. The van der Waals surface area contributed by atoms with E-state index in [1.165, 1.54) is 6.20 Å². The first kappa shape index (κ1) is 31.0. The third-order valence-corrected chi connectivity index (χ3v) is 10.4. The molecule has 3 aromatic rings. The van der Waals surface area contributed by atoms with Crippen LogP contribution in [-0.2, 0) is 6.18 Å². The fourth-order valence-electron chi connectivity index (χ4n) is 8.10. The molecule has 2 unspecified atom stereocenters. The summed E-state index contributed by atoms with van der Waals surface area (Å²) in [5, 5.41) is 3.85. The molecule has 46 heavy (non-hydrogen) atoms. The van der Waals surface area contributed by atoms with E-state index in [1.54, 1.807) is 0 Å². The predicted octanol–water partition coefficient (Wildman–Crippen LogP) is 6.07. The highest BCUT2D eigenvalue weighted by atomic mass is 19.4. The zero-order valence-electron chi connectivity index (χ0n) is 25.6. The molecule has 7 rings (SSSR count). The monoisotopic (exact) mass is 647 g/mol. The van der Waals surface area contributed by atoms with Gasteiger partial charge in [-0.05, 0) is 69.2 Å². The maximum Gasteiger partial charge on any atom is 0.417 e. The Balaban J connectivity index is 1.37. The fraction of sp³-hybridized carbons (Fsp3) is 0.531. The van der Waals surface area contributed by atoms with Gasteiger partial charge in [-0.2, -0.15) is 23.1 Å². The van der Waals surface area contributed by atoms with E-state index >= 15 is 8.78 Å². The molecule has 0 amide bonds. The Hall–Kier alpha value is -3.65. The number of hydrogen-bond acceptors (Lipinski definition) is 8. The minimum absolute atomic E-state index is 0.110. The van der Waals surface area contributed by atoms with Gasteiger partial charge in [0.05, 0.1) is 34.1 Å². The van der Waals surface area contributed by atoms with E-state index in [-0.39, 0.29) is 40.7 Å². The van der Waals surface area contributed by atoms with Crippen molar-refractivity contribution in [2.45, 2.75) is 75.7 Å². The third-order valence-electron chi connectivity index (χ3n) is 10.4.